The van der Waals surface area contributed by atoms with E-state index in [4.69, 9.17) is 4.74 Å². The van der Waals surface area contributed by atoms with Gasteiger partial charge < -0.3 is 14.8 Å². The Balaban J connectivity index is 2.62. The topological polar surface area (TPSA) is 47.6 Å². The number of hydrogen-bond acceptors (Lipinski definition) is 4. The van der Waals surface area contributed by atoms with Gasteiger partial charge in [-0.25, -0.2) is 0 Å². The summed E-state index contributed by atoms with van der Waals surface area (Å²) in [6, 6.07) is 6.42. The van der Waals surface area contributed by atoms with Crippen LogP contribution in [0.1, 0.15) is 43.9 Å². The zero-order valence-electron chi connectivity index (χ0n) is 12.9. The van der Waals surface area contributed by atoms with Gasteiger partial charge in [-0.05, 0) is 32.9 Å². The molecule has 4 nitrogen and oxygen atoms in total. The van der Waals surface area contributed by atoms with E-state index >= 15 is 0 Å². The van der Waals surface area contributed by atoms with Crippen molar-refractivity contribution in [1.82, 2.24) is 5.32 Å². The smallest absolute Gasteiger partial charge is 0.305 e. The summed E-state index contributed by atoms with van der Waals surface area (Å²) in [4.78, 5) is 11.0. The largest absolute Gasteiger partial charge is 0.493 e. The minimum absolute atomic E-state index is 0.196. The molecule has 1 aromatic carbocycles. The Kier molecular flexibility index (Phi) is 7.09. The van der Waals surface area contributed by atoms with E-state index in [-0.39, 0.29) is 12.0 Å². The molecule has 0 heterocycles. The molecule has 0 spiro atoms. The quantitative estimate of drug-likeness (QED) is 0.587. The van der Waals surface area contributed by atoms with Crippen molar-refractivity contribution in [2.24, 2.45) is 0 Å². The minimum Gasteiger partial charge on any atom is -0.493 e. The van der Waals surface area contributed by atoms with E-state index in [9.17, 15) is 4.79 Å². The Bertz CT molecular complexity index is 432. The lowest BCUT2D eigenvalue weighted by molar-refractivity contribution is -0.140. The first-order chi connectivity index (χ1) is 9.58. The average molecular weight is 279 g/mol. The van der Waals surface area contributed by atoms with Gasteiger partial charge in [0.05, 0.1) is 13.7 Å². The molecular formula is C16H25NO3. The van der Waals surface area contributed by atoms with E-state index < -0.39 is 0 Å². The van der Waals surface area contributed by atoms with Gasteiger partial charge in [0.25, 0.3) is 0 Å². The third-order valence-electron chi connectivity index (χ3n) is 3.15. The Morgan fingerprint density at radius 2 is 2.15 bits per heavy atom. The van der Waals surface area contributed by atoms with Crippen LogP contribution < -0.4 is 10.1 Å². The maximum atomic E-state index is 11.0. The van der Waals surface area contributed by atoms with Gasteiger partial charge in [-0.1, -0.05) is 24.6 Å². The minimum atomic E-state index is -0.196. The fraction of sp³-hybridized carbons (Fsp3) is 0.562. The molecule has 4 heteroatoms. The molecule has 0 radical (unpaired) electrons. The second-order valence-corrected chi connectivity index (χ2v) is 4.85. The maximum absolute atomic E-state index is 11.0. The van der Waals surface area contributed by atoms with Crippen LogP contribution in [0.3, 0.4) is 0 Å². The number of aryl methyl sites for hydroxylation is 1. The van der Waals surface area contributed by atoms with Gasteiger partial charge in [0.2, 0.25) is 0 Å². The number of ether oxygens (including phenoxy) is 2. The molecule has 1 N–H and O–H groups in total. The molecule has 1 atom stereocenters. The predicted octanol–water partition coefficient (Wildman–Crippen LogP) is 3.00. The van der Waals surface area contributed by atoms with E-state index in [1.807, 2.05) is 12.1 Å². The third-order valence-corrected chi connectivity index (χ3v) is 3.15. The van der Waals surface area contributed by atoms with Crippen LogP contribution in [-0.4, -0.2) is 26.2 Å². The zero-order chi connectivity index (χ0) is 15.0. The van der Waals surface area contributed by atoms with Gasteiger partial charge in [0.1, 0.15) is 5.75 Å². The summed E-state index contributed by atoms with van der Waals surface area (Å²) in [7, 11) is 1.40. The van der Waals surface area contributed by atoms with E-state index in [1.54, 1.807) is 0 Å². The van der Waals surface area contributed by atoms with E-state index in [0.717, 1.165) is 17.9 Å². The Hall–Kier alpha value is -1.55. The van der Waals surface area contributed by atoms with Crippen molar-refractivity contribution in [1.29, 1.82) is 0 Å². The summed E-state index contributed by atoms with van der Waals surface area (Å²) >= 11 is 0. The van der Waals surface area contributed by atoms with Crippen LogP contribution in [0.2, 0.25) is 0 Å². The normalized spacial score (nSPS) is 12.0. The van der Waals surface area contributed by atoms with Gasteiger partial charge >= 0.3 is 5.97 Å². The molecular weight excluding hydrogens is 254 g/mol. The molecule has 0 aliphatic carbocycles. The zero-order valence-corrected chi connectivity index (χ0v) is 12.9. The van der Waals surface area contributed by atoms with E-state index in [1.165, 1.54) is 12.7 Å². The van der Waals surface area contributed by atoms with Crippen LogP contribution in [0.25, 0.3) is 0 Å². The molecule has 0 aromatic heterocycles. The Morgan fingerprint density at radius 1 is 1.40 bits per heavy atom. The molecule has 1 aromatic rings. The van der Waals surface area contributed by atoms with Crippen molar-refractivity contribution >= 4 is 5.97 Å². The summed E-state index contributed by atoms with van der Waals surface area (Å²) in [6.07, 6.45) is 1.05. The number of benzene rings is 1. The van der Waals surface area contributed by atoms with Gasteiger partial charge in [-0.2, -0.15) is 0 Å². The fourth-order valence-corrected chi connectivity index (χ4v) is 2.05. The summed E-state index contributed by atoms with van der Waals surface area (Å²) in [6.45, 7) is 7.72. The monoisotopic (exact) mass is 279 g/mol. The Labute approximate surface area is 121 Å². The summed E-state index contributed by atoms with van der Waals surface area (Å²) in [5, 5.41) is 3.39. The average Bonchev–Trinajstić information content (AvgIpc) is 2.44. The highest BCUT2D eigenvalue weighted by molar-refractivity contribution is 5.69. The molecule has 0 aliphatic heterocycles. The highest BCUT2D eigenvalue weighted by Crippen LogP contribution is 2.26. The van der Waals surface area contributed by atoms with Crippen molar-refractivity contribution in [3.63, 3.8) is 0 Å². The number of carbonyl (C=O) groups excluding carboxylic acids is 1. The molecule has 0 saturated carbocycles. The van der Waals surface area contributed by atoms with Crippen molar-refractivity contribution in [3.8, 4) is 5.75 Å². The lowest BCUT2D eigenvalue weighted by atomic mass is 10.0. The lowest BCUT2D eigenvalue weighted by Gasteiger charge is -2.18. The van der Waals surface area contributed by atoms with Gasteiger partial charge in [-0.3, -0.25) is 4.79 Å². The number of rotatable bonds is 8. The highest BCUT2D eigenvalue weighted by Gasteiger charge is 2.11. The molecule has 1 rings (SSSR count). The number of esters is 1. The van der Waals surface area contributed by atoms with Gasteiger partial charge in [0, 0.05) is 18.0 Å². The van der Waals surface area contributed by atoms with Crippen molar-refractivity contribution in [3.05, 3.63) is 29.3 Å². The Morgan fingerprint density at radius 3 is 2.80 bits per heavy atom. The highest BCUT2D eigenvalue weighted by atomic mass is 16.5. The van der Waals surface area contributed by atoms with Crippen molar-refractivity contribution in [2.75, 3.05) is 20.3 Å². The second kappa shape index (κ2) is 8.59. The number of hydrogen-bond donors (Lipinski definition) is 1. The maximum Gasteiger partial charge on any atom is 0.305 e. The van der Waals surface area contributed by atoms with Gasteiger partial charge in [-0.15, -0.1) is 0 Å². The van der Waals surface area contributed by atoms with Crippen LogP contribution in [0.15, 0.2) is 18.2 Å². The molecule has 0 fully saturated rings. The number of nitrogens with one attached hydrogen (secondary N) is 1. The predicted molar refractivity (Wildman–Crippen MR) is 80.0 cm³/mol. The van der Waals surface area contributed by atoms with Crippen molar-refractivity contribution in [2.45, 2.75) is 39.7 Å². The molecule has 112 valence electrons. The summed E-state index contributed by atoms with van der Waals surface area (Å²) in [5.74, 6) is 0.688. The molecule has 0 saturated heterocycles. The fourth-order valence-electron chi connectivity index (χ4n) is 2.05. The SMILES string of the molecule is CCNC(C)c1cc(C)ccc1OCCCC(=O)OC. The van der Waals surface area contributed by atoms with Crippen LogP contribution in [0.5, 0.6) is 5.75 Å². The first-order valence-electron chi connectivity index (χ1n) is 7.12. The van der Waals surface area contributed by atoms with Crippen LogP contribution in [0, 0.1) is 6.92 Å². The second-order valence-electron chi connectivity index (χ2n) is 4.85. The first-order valence-corrected chi connectivity index (χ1v) is 7.12. The lowest BCUT2D eigenvalue weighted by Crippen LogP contribution is -2.19. The summed E-state index contributed by atoms with van der Waals surface area (Å²) < 4.78 is 10.4. The molecule has 1 unspecified atom stereocenters. The van der Waals surface area contributed by atoms with Gasteiger partial charge in [0.15, 0.2) is 0 Å². The van der Waals surface area contributed by atoms with Crippen molar-refractivity contribution < 1.29 is 14.3 Å². The standard InChI is InChI=1S/C16H25NO3/c1-5-17-13(3)14-11-12(2)8-9-15(14)20-10-6-7-16(18)19-4/h8-9,11,13,17H,5-7,10H2,1-4H3. The van der Waals surface area contributed by atoms with Crippen LogP contribution in [0.4, 0.5) is 0 Å². The first kappa shape index (κ1) is 16.5. The third kappa shape index (κ3) is 5.21. The summed E-state index contributed by atoms with van der Waals surface area (Å²) in [5.41, 5.74) is 2.37. The van der Waals surface area contributed by atoms with Crippen LogP contribution >= 0.6 is 0 Å². The molecule has 0 amide bonds. The number of methoxy groups -OCH3 is 1. The van der Waals surface area contributed by atoms with E-state index in [0.29, 0.717) is 19.4 Å². The van der Waals surface area contributed by atoms with E-state index in [2.05, 4.69) is 36.9 Å². The molecule has 0 bridgehead atoms. The molecule has 0 aliphatic rings. The number of carbonyl (C=O) groups is 1. The molecule has 20 heavy (non-hydrogen) atoms. The van der Waals surface area contributed by atoms with Crippen LogP contribution in [-0.2, 0) is 9.53 Å².